The molecule has 0 fully saturated rings. The Bertz CT molecular complexity index is 430. The highest BCUT2D eigenvalue weighted by Gasteiger charge is 2.42. The van der Waals surface area contributed by atoms with E-state index >= 15 is 0 Å². The van der Waals surface area contributed by atoms with Crippen LogP contribution in [0.3, 0.4) is 0 Å². The highest BCUT2D eigenvalue weighted by atomic mass is 16.5. The van der Waals surface area contributed by atoms with Crippen LogP contribution in [0.2, 0.25) is 0 Å². The zero-order valence-corrected chi connectivity index (χ0v) is 11.2. The van der Waals surface area contributed by atoms with Gasteiger partial charge in [0.25, 0.3) is 0 Å². The highest BCUT2D eigenvalue weighted by Crippen LogP contribution is 2.35. The third kappa shape index (κ3) is 2.15. The van der Waals surface area contributed by atoms with Crippen molar-refractivity contribution in [2.45, 2.75) is 38.1 Å². The molecule has 1 aliphatic carbocycles. The van der Waals surface area contributed by atoms with Gasteiger partial charge in [-0.25, -0.2) is 4.79 Å². The van der Waals surface area contributed by atoms with Crippen LogP contribution in [-0.2, 0) is 21.5 Å². The minimum atomic E-state index is -0.656. The van der Waals surface area contributed by atoms with Gasteiger partial charge in [-0.3, -0.25) is 5.32 Å². The number of rotatable bonds is 3. The summed E-state index contributed by atoms with van der Waals surface area (Å²) in [6.07, 6.45) is 4.02. The molecule has 98 valence electrons. The molecule has 0 bridgehead atoms. The normalized spacial score (nSPS) is 23.0. The van der Waals surface area contributed by atoms with Gasteiger partial charge in [-0.05, 0) is 36.9 Å². The van der Waals surface area contributed by atoms with Gasteiger partial charge in [0.2, 0.25) is 0 Å². The number of hydrogen-bond acceptors (Lipinski definition) is 3. The molecule has 18 heavy (non-hydrogen) atoms. The lowest BCUT2D eigenvalue weighted by Gasteiger charge is -2.32. The first-order chi connectivity index (χ1) is 8.74. The average molecular weight is 247 g/mol. The Morgan fingerprint density at radius 2 is 2.17 bits per heavy atom. The summed E-state index contributed by atoms with van der Waals surface area (Å²) in [5.41, 5.74) is 1.70. The summed E-state index contributed by atoms with van der Waals surface area (Å²) in [7, 11) is 1.47. The number of fused-ring (bicyclic) bond motifs is 1. The molecule has 1 aromatic rings. The molecule has 0 saturated heterocycles. The first kappa shape index (κ1) is 13.1. The van der Waals surface area contributed by atoms with Crippen molar-refractivity contribution in [3.8, 4) is 0 Å². The number of nitrogens with one attached hydrogen (secondary N) is 1. The third-order valence-electron chi connectivity index (χ3n) is 3.74. The van der Waals surface area contributed by atoms with Crippen LogP contribution in [0.5, 0.6) is 0 Å². The molecule has 3 nitrogen and oxygen atoms in total. The van der Waals surface area contributed by atoms with Crippen molar-refractivity contribution in [2.75, 3.05) is 13.7 Å². The van der Waals surface area contributed by atoms with Crippen LogP contribution in [0.1, 0.15) is 37.3 Å². The van der Waals surface area contributed by atoms with Crippen LogP contribution in [0.15, 0.2) is 24.3 Å². The molecule has 1 atom stereocenters. The average Bonchev–Trinajstić information content (AvgIpc) is 2.59. The molecule has 0 amide bonds. The third-order valence-corrected chi connectivity index (χ3v) is 3.74. The van der Waals surface area contributed by atoms with Gasteiger partial charge in [-0.2, -0.15) is 0 Å². The highest BCUT2D eigenvalue weighted by molar-refractivity contribution is 5.83. The van der Waals surface area contributed by atoms with Crippen molar-refractivity contribution in [2.24, 2.45) is 0 Å². The fraction of sp³-hybridized carbons (Fsp3) is 0.533. The van der Waals surface area contributed by atoms with Crippen LogP contribution in [0.25, 0.3) is 0 Å². The standard InChI is InChI=1S/C15H21NO2/c1-3-16-15(14(17)18-2)11-7-6-9-12-8-4-5-10-13(12)15/h4-5,8,10,16H,3,6-7,9,11H2,1-2H3. The molecular formula is C15H21NO2. The van der Waals surface area contributed by atoms with Crippen LogP contribution >= 0.6 is 0 Å². The predicted octanol–water partition coefficient (Wildman–Crippen LogP) is 2.39. The summed E-state index contributed by atoms with van der Waals surface area (Å²) in [6.45, 7) is 2.78. The summed E-state index contributed by atoms with van der Waals surface area (Å²) in [5.74, 6) is -0.168. The SMILES string of the molecule is CCNC1(C(=O)OC)CCCCc2ccccc21. The van der Waals surface area contributed by atoms with Gasteiger partial charge in [-0.15, -0.1) is 0 Å². The molecule has 1 unspecified atom stereocenters. The maximum absolute atomic E-state index is 12.3. The molecule has 3 heteroatoms. The second kappa shape index (κ2) is 5.53. The smallest absolute Gasteiger partial charge is 0.330 e. The first-order valence-electron chi connectivity index (χ1n) is 6.66. The van der Waals surface area contributed by atoms with Gasteiger partial charge in [0, 0.05) is 0 Å². The predicted molar refractivity (Wildman–Crippen MR) is 71.4 cm³/mol. The van der Waals surface area contributed by atoms with E-state index in [1.54, 1.807) is 0 Å². The molecule has 1 aliphatic rings. The summed E-state index contributed by atoms with van der Waals surface area (Å²) in [6, 6.07) is 8.22. The minimum absolute atomic E-state index is 0.168. The largest absolute Gasteiger partial charge is 0.467 e. The van der Waals surface area contributed by atoms with Gasteiger partial charge in [0.1, 0.15) is 5.54 Å². The van der Waals surface area contributed by atoms with Crippen molar-refractivity contribution >= 4 is 5.97 Å². The summed E-state index contributed by atoms with van der Waals surface area (Å²) < 4.78 is 5.06. The number of likely N-dealkylation sites (N-methyl/N-ethyl adjacent to an activating group) is 1. The zero-order chi connectivity index (χ0) is 13.0. The van der Waals surface area contributed by atoms with Crippen LogP contribution in [0.4, 0.5) is 0 Å². The zero-order valence-electron chi connectivity index (χ0n) is 11.2. The van der Waals surface area contributed by atoms with E-state index in [0.29, 0.717) is 0 Å². The van der Waals surface area contributed by atoms with Crippen LogP contribution < -0.4 is 5.32 Å². The van der Waals surface area contributed by atoms with Crippen molar-refractivity contribution < 1.29 is 9.53 Å². The summed E-state index contributed by atoms with van der Waals surface area (Å²) in [5, 5.41) is 3.37. The first-order valence-corrected chi connectivity index (χ1v) is 6.66. The van der Waals surface area contributed by atoms with E-state index in [0.717, 1.165) is 37.8 Å². The number of ether oxygens (including phenoxy) is 1. The number of carbonyl (C=O) groups is 1. The van der Waals surface area contributed by atoms with E-state index in [9.17, 15) is 4.79 Å². The Morgan fingerprint density at radius 3 is 2.89 bits per heavy atom. The molecule has 2 rings (SSSR count). The maximum atomic E-state index is 12.3. The number of hydrogen-bond donors (Lipinski definition) is 1. The van der Waals surface area contributed by atoms with Crippen LogP contribution in [-0.4, -0.2) is 19.6 Å². The monoisotopic (exact) mass is 247 g/mol. The number of benzene rings is 1. The van der Waals surface area contributed by atoms with Crippen molar-refractivity contribution in [1.82, 2.24) is 5.32 Å². The summed E-state index contributed by atoms with van der Waals surface area (Å²) in [4.78, 5) is 12.3. The van der Waals surface area contributed by atoms with Gasteiger partial charge in [-0.1, -0.05) is 37.6 Å². The van der Waals surface area contributed by atoms with E-state index < -0.39 is 5.54 Å². The summed E-state index contributed by atoms with van der Waals surface area (Å²) >= 11 is 0. The molecule has 1 N–H and O–H groups in total. The quantitative estimate of drug-likeness (QED) is 0.658. The van der Waals surface area contributed by atoms with Gasteiger partial charge >= 0.3 is 5.97 Å². The van der Waals surface area contributed by atoms with E-state index in [1.807, 2.05) is 19.1 Å². The fourth-order valence-electron chi connectivity index (χ4n) is 2.94. The minimum Gasteiger partial charge on any atom is -0.467 e. The molecule has 0 radical (unpaired) electrons. The fourth-order valence-corrected chi connectivity index (χ4v) is 2.94. The lowest BCUT2D eigenvalue weighted by atomic mass is 9.84. The molecule has 1 aromatic carbocycles. The van der Waals surface area contributed by atoms with E-state index in [1.165, 1.54) is 12.7 Å². The van der Waals surface area contributed by atoms with E-state index in [2.05, 4.69) is 17.4 Å². The second-order valence-corrected chi connectivity index (χ2v) is 4.79. The molecule has 0 aromatic heterocycles. The Kier molecular flexibility index (Phi) is 4.02. The molecular weight excluding hydrogens is 226 g/mol. The Balaban J connectivity index is 2.53. The van der Waals surface area contributed by atoms with Gasteiger partial charge in [0.15, 0.2) is 0 Å². The van der Waals surface area contributed by atoms with E-state index in [-0.39, 0.29) is 5.97 Å². The molecule has 0 spiro atoms. The van der Waals surface area contributed by atoms with Crippen LogP contribution in [0, 0.1) is 0 Å². The number of aryl methyl sites for hydroxylation is 1. The van der Waals surface area contributed by atoms with Crippen molar-refractivity contribution in [3.63, 3.8) is 0 Å². The second-order valence-electron chi connectivity index (χ2n) is 4.79. The van der Waals surface area contributed by atoms with E-state index in [4.69, 9.17) is 4.74 Å². The van der Waals surface area contributed by atoms with Crippen molar-refractivity contribution in [3.05, 3.63) is 35.4 Å². The lowest BCUT2D eigenvalue weighted by Crippen LogP contribution is -2.50. The Morgan fingerprint density at radius 1 is 1.39 bits per heavy atom. The Labute approximate surface area is 109 Å². The molecule has 0 saturated carbocycles. The maximum Gasteiger partial charge on any atom is 0.330 e. The number of carbonyl (C=O) groups excluding carboxylic acids is 1. The molecule has 0 aliphatic heterocycles. The number of methoxy groups -OCH3 is 1. The molecule has 0 heterocycles. The Hall–Kier alpha value is -1.35. The van der Waals surface area contributed by atoms with Gasteiger partial charge < -0.3 is 4.74 Å². The lowest BCUT2D eigenvalue weighted by molar-refractivity contribution is -0.149. The number of esters is 1. The van der Waals surface area contributed by atoms with Gasteiger partial charge in [0.05, 0.1) is 7.11 Å². The topological polar surface area (TPSA) is 38.3 Å². The van der Waals surface area contributed by atoms with Crippen molar-refractivity contribution in [1.29, 1.82) is 0 Å².